The van der Waals surface area contributed by atoms with Crippen LogP contribution in [0.15, 0.2) is 60.7 Å². The number of esters is 2. The van der Waals surface area contributed by atoms with Crippen molar-refractivity contribution in [2.45, 2.75) is 27.1 Å². The van der Waals surface area contributed by atoms with E-state index in [0.29, 0.717) is 33.4 Å². The number of carbonyl (C=O) groups is 2. The monoisotopic (exact) mass is 382 g/mol. The van der Waals surface area contributed by atoms with Gasteiger partial charge in [0.05, 0.1) is 0 Å². The molecule has 2 aromatic carbocycles. The SMILES string of the molecule is C=C(C)C(=O)OCc1ccc(-c2ccc(COC(=O)C(=C)C)cc2O)c(O)c1. The molecule has 6 nitrogen and oxygen atoms in total. The molecule has 2 rings (SSSR count). The Hall–Kier alpha value is -3.54. The number of hydrogen-bond acceptors (Lipinski definition) is 6. The number of benzene rings is 2. The molecule has 0 unspecified atom stereocenters. The first kappa shape index (κ1) is 20.8. The lowest BCUT2D eigenvalue weighted by Gasteiger charge is -2.11. The van der Waals surface area contributed by atoms with Crippen LogP contribution in [0.3, 0.4) is 0 Å². The van der Waals surface area contributed by atoms with Gasteiger partial charge in [0.25, 0.3) is 0 Å². The molecule has 0 heterocycles. The van der Waals surface area contributed by atoms with Crippen LogP contribution < -0.4 is 0 Å². The summed E-state index contributed by atoms with van der Waals surface area (Å²) in [5.41, 5.74) is 2.60. The van der Waals surface area contributed by atoms with Gasteiger partial charge in [0.1, 0.15) is 24.7 Å². The summed E-state index contributed by atoms with van der Waals surface area (Å²) >= 11 is 0. The zero-order valence-electron chi connectivity index (χ0n) is 15.8. The number of aromatic hydroxyl groups is 2. The van der Waals surface area contributed by atoms with Crippen LogP contribution in [-0.4, -0.2) is 22.2 Å². The molecule has 28 heavy (non-hydrogen) atoms. The lowest BCUT2D eigenvalue weighted by molar-refractivity contribution is -0.141. The molecule has 146 valence electrons. The second-order valence-corrected chi connectivity index (χ2v) is 6.42. The van der Waals surface area contributed by atoms with Crippen molar-refractivity contribution in [1.29, 1.82) is 0 Å². The van der Waals surface area contributed by atoms with Crippen LogP contribution in [0.5, 0.6) is 11.5 Å². The van der Waals surface area contributed by atoms with Gasteiger partial charge in [-0.25, -0.2) is 9.59 Å². The third kappa shape index (κ3) is 5.23. The van der Waals surface area contributed by atoms with E-state index in [2.05, 4.69) is 13.2 Å². The van der Waals surface area contributed by atoms with Crippen molar-refractivity contribution in [2.24, 2.45) is 0 Å². The maximum atomic E-state index is 11.4. The van der Waals surface area contributed by atoms with Crippen LogP contribution >= 0.6 is 0 Å². The lowest BCUT2D eigenvalue weighted by Crippen LogP contribution is -2.05. The predicted octanol–water partition coefficient (Wildman–Crippen LogP) is 4.00. The molecule has 2 N–H and O–H groups in total. The third-order valence-electron chi connectivity index (χ3n) is 3.85. The first-order chi connectivity index (χ1) is 13.2. The van der Waals surface area contributed by atoms with Crippen LogP contribution in [-0.2, 0) is 32.3 Å². The summed E-state index contributed by atoms with van der Waals surface area (Å²) in [7, 11) is 0. The van der Waals surface area contributed by atoms with Gasteiger partial charge in [0.2, 0.25) is 0 Å². The molecular weight excluding hydrogens is 360 g/mol. The van der Waals surface area contributed by atoms with Gasteiger partial charge < -0.3 is 19.7 Å². The number of hydrogen-bond donors (Lipinski definition) is 2. The molecule has 0 atom stereocenters. The Morgan fingerprint density at radius 2 is 1.14 bits per heavy atom. The van der Waals surface area contributed by atoms with E-state index in [1.807, 2.05) is 0 Å². The highest BCUT2D eigenvalue weighted by molar-refractivity contribution is 5.87. The van der Waals surface area contributed by atoms with Gasteiger partial charge in [-0.1, -0.05) is 37.4 Å². The maximum Gasteiger partial charge on any atom is 0.333 e. The summed E-state index contributed by atoms with van der Waals surface area (Å²) in [6, 6.07) is 9.53. The summed E-state index contributed by atoms with van der Waals surface area (Å²) in [6.45, 7) is 10.1. The third-order valence-corrected chi connectivity index (χ3v) is 3.85. The summed E-state index contributed by atoms with van der Waals surface area (Å²) < 4.78 is 10.1. The number of carbonyl (C=O) groups excluding carboxylic acids is 2. The molecule has 0 bridgehead atoms. The average molecular weight is 382 g/mol. The molecular formula is C22H22O6. The van der Waals surface area contributed by atoms with E-state index in [-0.39, 0.29) is 24.7 Å². The van der Waals surface area contributed by atoms with Gasteiger partial charge in [-0.15, -0.1) is 0 Å². The van der Waals surface area contributed by atoms with Gasteiger partial charge in [-0.05, 0) is 37.1 Å². The molecule has 0 aliphatic rings. The zero-order chi connectivity index (χ0) is 20.8. The topological polar surface area (TPSA) is 93.1 Å². The van der Waals surface area contributed by atoms with Crippen molar-refractivity contribution in [3.63, 3.8) is 0 Å². The number of ether oxygens (including phenoxy) is 2. The highest BCUT2D eigenvalue weighted by atomic mass is 16.5. The molecule has 0 aromatic heterocycles. The van der Waals surface area contributed by atoms with Crippen LogP contribution in [0.4, 0.5) is 0 Å². The molecule has 0 aliphatic heterocycles. The Balaban J connectivity index is 2.14. The lowest BCUT2D eigenvalue weighted by atomic mass is 10.0. The minimum Gasteiger partial charge on any atom is -0.507 e. The van der Waals surface area contributed by atoms with Gasteiger partial charge >= 0.3 is 11.9 Å². The largest absolute Gasteiger partial charge is 0.507 e. The quantitative estimate of drug-likeness (QED) is 0.555. The van der Waals surface area contributed by atoms with E-state index in [9.17, 15) is 19.8 Å². The molecule has 0 fully saturated rings. The fourth-order valence-electron chi connectivity index (χ4n) is 2.33. The fourth-order valence-corrected chi connectivity index (χ4v) is 2.33. The number of phenolic OH excluding ortho intramolecular Hbond substituents is 2. The summed E-state index contributed by atoms with van der Waals surface area (Å²) in [5, 5.41) is 20.6. The summed E-state index contributed by atoms with van der Waals surface area (Å²) in [4.78, 5) is 22.9. The average Bonchev–Trinajstić information content (AvgIpc) is 2.64. The van der Waals surface area contributed by atoms with E-state index in [4.69, 9.17) is 9.47 Å². The van der Waals surface area contributed by atoms with Gasteiger partial charge in [0.15, 0.2) is 0 Å². The van der Waals surface area contributed by atoms with E-state index in [1.54, 1.807) is 38.1 Å². The molecule has 0 saturated heterocycles. The Morgan fingerprint density at radius 3 is 1.43 bits per heavy atom. The van der Waals surface area contributed by atoms with Gasteiger partial charge in [-0.2, -0.15) is 0 Å². The van der Waals surface area contributed by atoms with Crippen molar-refractivity contribution < 1.29 is 29.3 Å². The molecule has 2 aromatic rings. The van der Waals surface area contributed by atoms with E-state index in [1.165, 1.54) is 12.1 Å². The van der Waals surface area contributed by atoms with Crippen molar-refractivity contribution in [1.82, 2.24) is 0 Å². The molecule has 0 spiro atoms. The second kappa shape index (κ2) is 8.90. The van der Waals surface area contributed by atoms with E-state index in [0.717, 1.165) is 0 Å². The number of phenols is 2. The minimum absolute atomic E-state index is 0.00145. The Labute approximate surface area is 163 Å². The van der Waals surface area contributed by atoms with Crippen LogP contribution in [0.1, 0.15) is 25.0 Å². The Kier molecular flexibility index (Phi) is 6.60. The standard InChI is InChI=1S/C22H22O6/c1-13(2)21(25)27-11-15-5-7-17(19(23)9-15)18-8-6-16(10-20(18)24)12-28-22(26)14(3)4/h5-10,23-24H,1,3,11-12H2,2,4H3. The summed E-state index contributed by atoms with van der Waals surface area (Å²) in [6.07, 6.45) is 0. The van der Waals surface area contributed by atoms with Crippen LogP contribution in [0, 0.1) is 0 Å². The second-order valence-electron chi connectivity index (χ2n) is 6.42. The van der Waals surface area contributed by atoms with Crippen molar-refractivity contribution >= 4 is 11.9 Å². The maximum absolute atomic E-state index is 11.4. The van der Waals surface area contributed by atoms with Crippen molar-refractivity contribution in [2.75, 3.05) is 0 Å². The molecule has 0 saturated carbocycles. The van der Waals surface area contributed by atoms with E-state index >= 15 is 0 Å². The Morgan fingerprint density at radius 1 is 0.786 bits per heavy atom. The van der Waals surface area contributed by atoms with Crippen molar-refractivity contribution in [3.05, 3.63) is 71.8 Å². The minimum atomic E-state index is -0.510. The predicted molar refractivity (Wildman–Crippen MR) is 104 cm³/mol. The number of rotatable bonds is 7. The van der Waals surface area contributed by atoms with Crippen LogP contribution in [0.25, 0.3) is 11.1 Å². The normalized spacial score (nSPS) is 10.2. The molecule has 0 amide bonds. The fraction of sp³-hybridized carbons (Fsp3) is 0.182. The summed E-state index contributed by atoms with van der Waals surface area (Å²) in [5.74, 6) is -1.16. The van der Waals surface area contributed by atoms with Crippen LogP contribution in [0.2, 0.25) is 0 Å². The smallest absolute Gasteiger partial charge is 0.333 e. The van der Waals surface area contributed by atoms with Crippen molar-refractivity contribution in [3.8, 4) is 22.6 Å². The molecule has 0 radical (unpaired) electrons. The Bertz CT molecular complexity index is 865. The highest BCUT2D eigenvalue weighted by Crippen LogP contribution is 2.36. The first-order valence-corrected chi connectivity index (χ1v) is 8.48. The van der Waals surface area contributed by atoms with Gasteiger partial charge in [0, 0.05) is 22.3 Å². The zero-order valence-corrected chi connectivity index (χ0v) is 15.8. The van der Waals surface area contributed by atoms with E-state index < -0.39 is 11.9 Å². The first-order valence-electron chi connectivity index (χ1n) is 8.48. The van der Waals surface area contributed by atoms with Gasteiger partial charge in [-0.3, -0.25) is 0 Å². The molecule has 6 heteroatoms. The highest BCUT2D eigenvalue weighted by Gasteiger charge is 2.12. The molecule has 0 aliphatic carbocycles.